The fourth-order valence-corrected chi connectivity index (χ4v) is 3.97. The van der Waals surface area contributed by atoms with Crippen molar-refractivity contribution >= 4 is 39.7 Å². The molecule has 30 heavy (non-hydrogen) atoms. The van der Waals surface area contributed by atoms with Gasteiger partial charge >= 0.3 is 0 Å². The van der Waals surface area contributed by atoms with Gasteiger partial charge in [0.2, 0.25) is 0 Å². The highest BCUT2D eigenvalue weighted by Crippen LogP contribution is 2.27. The average molecular weight is 417 g/mol. The van der Waals surface area contributed by atoms with E-state index in [2.05, 4.69) is 20.2 Å². The van der Waals surface area contributed by atoms with Crippen LogP contribution in [0.1, 0.15) is 10.5 Å². The zero-order valence-corrected chi connectivity index (χ0v) is 16.9. The second-order valence-corrected chi connectivity index (χ2v) is 7.62. The number of morpholine rings is 1. The summed E-state index contributed by atoms with van der Waals surface area (Å²) in [5.74, 6) is 0.700. The van der Waals surface area contributed by atoms with Crippen molar-refractivity contribution in [3.63, 3.8) is 0 Å². The number of amides is 1. The Hall–Kier alpha value is -3.36. The Kier molecular flexibility index (Phi) is 5.08. The van der Waals surface area contributed by atoms with Crippen LogP contribution in [0, 0.1) is 0 Å². The molecule has 1 amide bonds. The Morgan fingerprint density at radius 3 is 2.73 bits per heavy atom. The molecule has 1 N–H and O–H groups in total. The monoisotopic (exact) mass is 417 g/mol. The molecule has 1 aliphatic rings. The molecular weight excluding hydrogens is 398 g/mol. The van der Waals surface area contributed by atoms with Crippen LogP contribution < -0.4 is 10.2 Å². The lowest BCUT2D eigenvalue weighted by Gasteiger charge is -2.27. The second kappa shape index (κ2) is 8.17. The third-order valence-electron chi connectivity index (χ3n) is 5.01. The summed E-state index contributed by atoms with van der Waals surface area (Å²) in [6.45, 7) is 3.15. The molecule has 4 heterocycles. The van der Waals surface area contributed by atoms with Gasteiger partial charge in [0.25, 0.3) is 5.91 Å². The number of aromatic nitrogens is 3. The third-order valence-corrected chi connectivity index (χ3v) is 5.60. The van der Waals surface area contributed by atoms with E-state index in [9.17, 15) is 4.79 Å². The second-order valence-electron chi connectivity index (χ2n) is 6.91. The Labute approximate surface area is 177 Å². The number of nitrogens with zero attached hydrogens (tertiary/aromatic N) is 4. The van der Waals surface area contributed by atoms with E-state index in [1.54, 1.807) is 10.9 Å². The van der Waals surface area contributed by atoms with Gasteiger partial charge in [0.15, 0.2) is 0 Å². The van der Waals surface area contributed by atoms with Gasteiger partial charge in [-0.1, -0.05) is 18.2 Å². The Morgan fingerprint density at radius 1 is 1.07 bits per heavy atom. The molecule has 1 aliphatic heterocycles. The predicted octanol–water partition coefficient (Wildman–Crippen LogP) is 3.84. The summed E-state index contributed by atoms with van der Waals surface area (Å²) < 4.78 is 5.40. The number of nitrogens with one attached hydrogen (secondary N) is 1. The summed E-state index contributed by atoms with van der Waals surface area (Å²) in [6.07, 6.45) is 1.84. The van der Waals surface area contributed by atoms with Crippen molar-refractivity contribution < 1.29 is 9.53 Å². The van der Waals surface area contributed by atoms with Gasteiger partial charge < -0.3 is 15.0 Å². The number of anilines is 2. The van der Waals surface area contributed by atoms with Crippen LogP contribution >= 0.6 is 11.3 Å². The molecule has 0 unspecified atom stereocenters. The van der Waals surface area contributed by atoms with Gasteiger partial charge in [0.05, 0.1) is 35.6 Å². The number of ether oxygens (including phenoxy) is 1. The molecule has 7 nitrogen and oxygen atoms in total. The number of rotatable bonds is 4. The molecule has 150 valence electrons. The highest BCUT2D eigenvalue weighted by molar-refractivity contribution is 7.07. The zero-order chi connectivity index (χ0) is 20.3. The molecule has 1 saturated heterocycles. The maximum atomic E-state index is 12.4. The molecule has 0 atom stereocenters. The fourth-order valence-electron chi connectivity index (χ4n) is 3.44. The Balaban J connectivity index is 1.44. The van der Waals surface area contributed by atoms with Gasteiger partial charge in [0, 0.05) is 35.6 Å². The molecule has 0 bridgehead atoms. The quantitative estimate of drug-likeness (QED) is 0.543. The predicted molar refractivity (Wildman–Crippen MR) is 118 cm³/mol. The summed E-state index contributed by atoms with van der Waals surface area (Å²) in [5.41, 5.74) is 5.16. The van der Waals surface area contributed by atoms with E-state index in [1.807, 2.05) is 48.7 Å². The number of benzene rings is 1. The van der Waals surface area contributed by atoms with Crippen LogP contribution in [0.15, 0.2) is 59.6 Å². The van der Waals surface area contributed by atoms with Crippen LogP contribution in [0.2, 0.25) is 0 Å². The average Bonchev–Trinajstić information content (AvgIpc) is 3.35. The van der Waals surface area contributed by atoms with Gasteiger partial charge in [-0.2, -0.15) is 0 Å². The molecule has 1 aromatic carbocycles. The van der Waals surface area contributed by atoms with Crippen LogP contribution in [0.5, 0.6) is 0 Å². The number of hydrogen-bond donors (Lipinski definition) is 1. The maximum absolute atomic E-state index is 12.4. The van der Waals surface area contributed by atoms with Crippen molar-refractivity contribution in [3.8, 4) is 11.3 Å². The van der Waals surface area contributed by atoms with Crippen molar-refractivity contribution in [1.29, 1.82) is 0 Å². The molecule has 1 fully saturated rings. The minimum atomic E-state index is -0.243. The summed E-state index contributed by atoms with van der Waals surface area (Å²) >= 11 is 1.39. The van der Waals surface area contributed by atoms with Crippen LogP contribution in [0.25, 0.3) is 22.2 Å². The van der Waals surface area contributed by atoms with Crippen LogP contribution in [0.3, 0.4) is 0 Å². The minimum Gasteiger partial charge on any atom is -0.378 e. The number of para-hydroxylation sites is 1. The zero-order valence-electron chi connectivity index (χ0n) is 16.1. The largest absolute Gasteiger partial charge is 0.378 e. The SMILES string of the molecule is O=C(Nc1cccc2ccc(-c3ccc(N4CCOCC4)nc3)nc12)c1cscn1. The van der Waals surface area contributed by atoms with Crippen LogP contribution in [-0.2, 0) is 4.74 Å². The Morgan fingerprint density at radius 2 is 1.97 bits per heavy atom. The first-order valence-electron chi connectivity index (χ1n) is 9.66. The van der Waals surface area contributed by atoms with Crippen molar-refractivity contribution in [2.75, 3.05) is 36.5 Å². The van der Waals surface area contributed by atoms with E-state index >= 15 is 0 Å². The van der Waals surface area contributed by atoms with Crippen molar-refractivity contribution in [2.24, 2.45) is 0 Å². The normalized spacial score (nSPS) is 14.1. The highest BCUT2D eigenvalue weighted by atomic mass is 32.1. The van der Waals surface area contributed by atoms with Gasteiger partial charge in [0.1, 0.15) is 11.5 Å². The third kappa shape index (κ3) is 3.74. The van der Waals surface area contributed by atoms with E-state index in [1.165, 1.54) is 11.3 Å². The molecule has 0 aliphatic carbocycles. The van der Waals surface area contributed by atoms with Gasteiger partial charge in [-0.15, -0.1) is 11.3 Å². The standard InChI is InChI=1S/C22H19N5O2S/c28-22(19-13-30-14-24-19)26-18-3-1-2-15-4-6-17(25-21(15)18)16-5-7-20(23-12-16)27-8-10-29-11-9-27/h1-7,12-14H,8-11H2,(H,26,28). The lowest BCUT2D eigenvalue weighted by Crippen LogP contribution is -2.36. The first-order valence-corrected chi connectivity index (χ1v) is 10.6. The molecule has 0 radical (unpaired) electrons. The fraction of sp³-hybridized carbons (Fsp3) is 0.182. The molecule has 8 heteroatoms. The van der Waals surface area contributed by atoms with Crippen molar-refractivity contribution in [3.05, 3.63) is 65.2 Å². The van der Waals surface area contributed by atoms with Gasteiger partial charge in [-0.05, 0) is 24.3 Å². The first-order chi connectivity index (χ1) is 14.8. The number of pyridine rings is 2. The van der Waals surface area contributed by atoms with E-state index in [-0.39, 0.29) is 5.91 Å². The summed E-state index contributed by atoms with van der Waals surface area (Å²) in [4.78, 5) is 28.2. The van der Waals surface area contributed by atoms with Crippen molar-refractivity contribution in [1.82, 2.24) is 15.0 Å². The summed E-state index contributed by atoms with van der Waals surface area (Å²) in [6, 6.07) is 13.8. The molecule has 0 spiro atoms. The van der Waals surface area contributed by atoms with E-state index in [0.29, 0.717) is 11.4 Å². The maximum Gasteiger partial charge on any atom is 0.275 e. The molecular formula is C22H19N5O2S. The smallest absolute Gasteiger partial charge is 0.275 e. The summed E-state index contributed by atoms with van der Waals surface area (Å²) in [7, 11) is 0. The number of fused-ring (bicyclic) bond motifs is 1. The van der Waals surface area contributed by atoms with Gasteiger partial charge in [-0.3, -0.25) is 4.79 Å². The summed E-state index contributed by atoms with van der Waals surface area (Å²) in [5, 5.41) is 5.60. The van der Waals surface area contributed by atoms with Crippen molar-refractivity contribution in [2.45, 2.75) is 0 Å². The first kappa shape index (κ1) is 18.7. The number of carbonyl (C=O) groups is 1. The molecule has 5 rings (SSSR count). The Bertz CT molecular complexity index is 1170. The minimum absolute atomic E-state index is 0.243. The van der Waals surface area contributed by atoms with Gasteiger partial charge in [-0.25, -0.2) is 15.0 Å². The number of carbonyl (C=O) groups excluding carboxylic acids is 1. The van der Waals surface area contributed by atoms with E-state index < -0.39 is 0 Å². The van der Waals surface area contributed by atoms with E-state index in [4.69, 9.17) is 9.72 Å². The highest BCUT2D eigenvalue weighted by Gasteiger charge is 2.14. The molecule has 4 aromatic rings. The number of hydrogen-bond acceptors (Lipinski definition) is 7. The lowest BCUT2D eigenvalue weighted by atomic mass is 10.1. The van der Waals surface area contributed by atoms with Crippen LogP contribution in [-0.4, -0.2) is 47.2 Å². The van der Waals surface area contributed by atoms with Crippen LogP contribution in [0.4, 0.5) is 11.5 Å². The molecule has 3 aromatic heterocycles. The number of thiazole rings is 1. The topological polar surface area (TPSA) is 80.2 Å². The molecule has 0 saturated carbocycles. The lowest BCUT2D eigenvalue weighted by molar-refractivity contribution is 0.102. The van der Waals surface area contributed by atoms with E-state index in [0.717, 1.165) is 54.3 Å².